The number of para-hydroxylation sites is 2. The van der Waals surface area contributed by atoms with Crippen LogP contribution in [0.5, 0.6) is 11.5 Å². The lowest BCUT2D eigenvalue weighted by Crippen LogP contribution is -2.23. The van der Waals surface area contributed by atoms with E-state index in [-0.39, 0.29) is 12.4 Å². The molecule has 0 saturated heterocycles. The maximum atomic E-state index is 12.9. The highest BCUT2D eigenvalue weighted by Gasteiger charge is 2.33. The molecule has 0 spiro atoms. The lowest BCUT2D eigenvalue weighted by Gasteiger charge is -2.26. The fraction of sp³-hybridized carbons (Fsp3) is 0.0909. The quantitative estimate of drug-likeness (QED) is 0.432. The molecule has 4 nitrogen and oxygen atoms in total. The van der Waals surface area contributed by atoms with E-state index in [9.17, 15) is 9.59 Å². The molecule has 4 rings (SSSR count). The van der Waals surface area contributed by atoms with Gasteiger partial charge >= 0.3 is 5.97 Å². The van der Waals surface area contributed by atoms with E-state index in [0.717, 1.165) is 15.6 Å². The highest BCUT2D eigenvalue weighted by molar-refractivity contribution is 9.10. The average Bonchev–Trinajstić information content (AvgIpc) is 2.70. The summed E-state index contributed by atoms with van der Waals surface area (Å²) in [4.78, 5) is 25.2. The van der Waals surface area contributed by atoms with Gasteiger partial charge in [-0.15, -0.1) is 0 Å². The minimum atomic E-state index is -0.624. The van der Waals surface area contributed by atoms with E-state index in [1.54, 1.807) is 18.2 Å². The van der Waals surface area contributed by atoms with E-state index >= 15 is 0 Å². The molecule has 0 fully saturated rings. The Balaban J connectivity index is 1.58. The summed E-state index contributed by atoms with van der Waals surface area (Å²) >= 11 is 3.34. The molecule has 0 bridgehead atoms. The predicted molar refractivity (Wildman–Crippen MR) is 104 cm³/mol. The highest BCUT2D eigenvalue weighted by atomic mass is 79.9. The lowest BCUT2D eigenvalue weighted by atomic mass is 9.88. The fourth-order valence-electron chi connectivity index (χ4n) is 3.13. The summed E-state index contributed by atoms with van der Waals surface area (Å²) in [5.41, 5.74) is 1.96. The van der Waals surface area contributed by atoms with E-state index in [2.05, 4.69) is 15.9 Å². The topological polar surface area (TPSA) is 52.6 Å². The van der Waals surface area contributed by atoms with Gasteiger partial charge in [0.15, 0.2) is 12.4 Å². The number of rotatable bonds is 4. The Hall–Kier alpha value is -2.92. The lowest BCUT2D eigenvalue weighted by molar-refractivity contribution is -0.143. The van der Waals surface area contributed by atoms with Crippen LogP contribution in [-0.4, -0.2) is 18.4 Å². The number of esters is 1. The van der Waals surface area contributed by atoms with Crippen molar-refractivity contribution in [2.45, 2.75) is 5.92 Å². The molecule has 1 aliphatic rings. The molecule has 1 aliphatic heterocycles. The van der Waals surface area contributed by atoms with Gasteiger partial charge in [0.1, 0.15) is 17.4 Å². The molecule has 3 aromatic carbocycles. The molecule has 0 amide bonds. The summed E-state index contributed by atoms with van der Waals surface area (Å²) in [5, 5.41) is 0. The molecular weight excluding hydrogens is 408 g/mol. The molecule has 0 N–H and O–H groups in total. The Morgan fingerprint density at radius 1 is 0.889 bits per heavy atom. The van der Waals surface area contributed by atoms with Crippen LogP contribution >= 0.6 is 15.9 Å². The molecule has 0 unspecified atom stereocenters. The van der Waals surface area contributed by atoms with Gasteiger partial charge in [-0.25, -0.2) is 0 Å². The smallest absolute Gasteiger partial charge is 0.318 e. The van der Waals surface area contributed by atoms with Crippen LogP contribution in [0.4, 0.5) is 0 Å². The number of fused-ring (bicyclic) bond motifs is 2. The average molecular weight is 423 g/mol. The second-order valence-corrected chi connectivity index (χ2v) is 7.07. The third kappa shape index (κ3) is 3.51. The minimum Gasteiger partial charge on any atom is -0.457 e. The Morgan fingerprint density at radius 3 is 2.15 bits per heavy atom. The number of hydrogen-bond donors (Lipinski definition) is 0. The van der Waals surface area contributed by atoms with Crippen molar-refractivity contribution in [3.63, 3.8) is 0 Å². The van der Waals surface area contributed by atoms with Crippen molar-refractivity contribution in [1.82, 2.24) is 0 Å². The number of carbonyl (C=O) groups is 2. The van der Waals surface area contributed by atoms with Gasteiger partial charge in [-0.2, -0.15) is 0 Å². The normalized spacial score (nSPS) is 12.5. The van der Waals surface area contributed by atoms with Gasteiger partial charge in [0.25, 0.3) is 0 Å². The van der Waals surface area contributed by atoms with E-state index in [0.29, 0.717) is 17.1 Å². The van der Waals surface area contributed by atoms with Crippen LogP contribution in [0.3, 0.4) is 0 Å². The molecule has 0 atom stereocenters. The Kier molecular flexibility index (Phi) is 4.77. The van der Waals surface area contributed by atoms with Crippen molar-refractivity contribution in [2.24, 2.45) is 0 Å². The van der Waals surface area contributed by atoms with Crippen molar-refractivity contribution < 1.29 is 19.1 Å². The predicted octanol–water partition coefficient (Wildman–Crippen LogP) is 5.11. The van der Waals surface area contributed by atoms with Crippen LogP contribution in [0.25, 0.3) is 0 Å². The van der Waals surface area contributed by atoms with Gasteiger partial charge in [0.05, 0.1) is 0 Å². The molecule has 0 aliphatic carbocycles. The molecule has 5 heteroatoms. The summed E-state index contributed by atoms with van der Waals surface area (Å²) in [6.07, 6.45) is 0. The van der Waals surface area contributed by atoms with Crippen molar-refractivity contribution in [3.8, 4) is 11.5 Å². The highest BCUT2D eigenvalue weighted by Crippen LogP contribution is 2.44. The summed E-state index contributed by atoms with van der Waals surface area (Å²) < 4.78 is 12.1. The summed E-state index contributed by atoms with van der Waals surface area (Å²) in [6, 6.07) is 21.7. The first kappa shape index (κ1) is 17.5. The molecule has 0 saturated carbocycles. The second kappa shape index (κ2) is 7.37. The third-order valence-corrected chi connectivity index (χ3v) is 4.90. The zero-order valence-corrected chi connectivity index (χ0v) is 15.8. The SMILES string of the molecule is O=C(COC(=O)C1c2ccccc2Oc2ccccc21)c1cccc(Br)c1. The van der Waals surface area contributed by atoms with Crippen molar-refractivity contribution in [2.75, 3.05) is 6.61 Å². The van der Waals surface area contributed by atoms with Crippen LogP contribution < -0.4 is 4.74 Å². The van der Waals surface area contributed by atoms with E-state index < -0.39 is 11.9 Å². The van der Waals surface area contributed by atoms with Crippen LogP contribution in [0.15, 0.2) is 77.3 Å². The van der Waals surface area contributed by atoms with Crippen LogP contribution in [0, 0.1) is 0 Å². The standard InChI is InChI=1S/C22H15BrO4/c23-15-7-5-6-14(12-15)18(24)13-26-22(25)21-16-8-1-3-10-19(16)27-20-11-4-2-9-17(20)21/h1-12,21H,13H2. The Morgan fingerprint density at radius 2 is 1.52 bits per heavy atom. The minimum absolute atomic E-state index is 0.252. The monoisotopic (exact) mass is 422 g/mol. The fourth-order valence-corrected chi connectivity index (χ4v) is 3.53. The summed E-state index contributed by atoms with van der Waals surface area (Å²) in [6.45, 7) is -0.309. The number of Topliss-reactive ketones (excluding diaryl/α,β-unsaturated/α-hetero) is 1. The van der Waals surface area contributed by atoms with Gasteiger partial charge in [0.2, 0.25) is 0 Å². The molecule has 134 valence electrons. The van der Waals surface area contributed by atoms with Gasteiger partial charge in [-0.3, -0.25) is 9.59 Å². The number of ketones is 1. The largest absolute Gasteiger partial charge is 0.457 e. The van der Waals surface area contributed by atoms with Gasteiger partial charge in [-0.05, 0) is 24.3 Å². The van der Waals surface area contributed by atoms with Gasteiger partial charge in [0, 0.05) is 21.2 Å². The number of benzene rings is 3. The van der Waals surface area contributed by atoms with Crippen LogP contribution in [-0.2, 0) is 9.53 Å². The first-order valence-electron chi connectivity index (χ1n) is 8.44. The molecular formula is C22H15BrO4. The maximum Gasteiger partial charge on any atom is 0.318 e. The van der Waals surface area contributed by atoms with Gasteiger partial charge in [-0.1, -0.05) is 64.5 Å². The first-order valence-corrected chi connectivity index (χ1v) is 9.24. The van der Waals surface area contributed by atoms with E-state index in [4.69, 9.17) is 9.47 Å². The first-order chi connectivity index (χ1) is 13.1. The molecule has 27 heavy (non-hydrogen) atoms. The number of halogens is 1. The Bertz CT molecular complexity index is 983. The Labute approximate surface area is 164 Å². The van der Waals surface area contributed by atoms with E-state index in [1.165, 1.54) is 0 Å². The maximum absolute atomic E-state index is 12.9. The van der Waals surface area contributed by atoms with E-state index in [1.807, 2.05) is 54.6 Å². The van der Waals surface area contributed by atoms with Crippen molar-refractivity contribution in [3.05, 3.63) is 94.0 Å². The molecule has 0 aromatic heterocycles. The molecule has 3 aromatic rings. The third-order valence-electron chi connectivity index (χ3n) is 4.41. The zero-order chi connectivity index (χ0) is 18.8. The number of ether oxygens (including phenoxy) is 2. The van der Waals surface area contributed by atoms with Crippen LogP contribution in [0.2, 0.25) is 0 Å². The zero-order valence-electron chi connectivity index (χ0n) is 14.2. The van der Waals surface area contributed by atoms with Crippen molar-refractivity contribution in [1.29, 1.82) is 0 Å². The number of hydrogen-bond acceptors (Lipinski definition) is 4. The summed E-state index contributed by atoms with van der Waals surface area (Å²) in [7, 11) is 0. The van der Waals surface area contributed by atoms with Crippen molar-refractivity contribution >= 4 is 27.7 Å². The second-order valence-electron chi connectivity index (χ2n) is 6.15. The number of carbonyl (C=O) groups excluding carboxylic acids is 2. The molecule has 1 heterocycles. The molecule has 0 radical (unpaired) electrons. The van der Waals surface area contributed by atoms with Crippen LogP contribution in [0.1, 0.15) is 27.4 Å². The van der Waals surface area contributed by atoms with Gasteiger partial charge < -0.3 is 9.47 Å². The summed E-state index contributed by atoms with van der Waals surface area (Å²) in [5.74, 6) is -0.103.